The molecule has 1 aromatic rings. The zero-order valence-electron chi connectivity index (χ0n) is 12.5. The average Bonchev–Trinajstić information content (AvgIpc) is 2.36. The first kappa shape index (κ1) is 16.5. The smallest absolute Gasteiger partial charge is 0.317 e. The monoisotopic (exact) mass is 280 g/mol. The molecule has 0 aliphatic heterocycles. The van der Waals surface area contributed by atoms with E-state index in [-0.39, 0.29) is 6.54 Å². The second-order valence-electron chi connectivity index (χ2n) is 4.99. The van der Waals surface area contributed by atoms with Crippen LogP contribution in [0.1, 0.15) is 12.5 Å². The highest BCUT2D eigenvalue weighted by molar-refractivity contribution is 5.69. The third-order valence-corrected chi connectivity index (χ3v) is 2.84. The van der Waals surface area contributed by atoms with Crippen LogP contribution in [0.15, 0.2) is 24.3 Å². The van der Waals surface area contributed by atoms with Crippen molar-refractivity contribution in [3.63, 3.8) is 0 Å². The molecule has 5 nitrogen and oxygen atoms in total. The molecular formula is C15H24N2O3. The fourth-order valence-electron chi connectivity index (χ4n) is 1.91. The minimum absolute atomic E-state index is 0.0483. The lowest BCUT2D eigenvalue weighted by atomic mass is 10.2. The molecule has 112 valence electrons. The Labute approximate surface area is 120 Å². The summed E-state index contributed by atoms with van der Waals surface area (Å²) in [5, 5.41) is 8.99. The molecule has 1 N–H and O–H groups in total. The molecule has 1 aromatic carbocycles. The SMILES string of the molecule is CCOc1cccc(CN(CCN(C)C)CC(=O)O)c1. The van der Waals surface area contributed by atoms with Gasteiger partial charge in [0.2, 0.25) is 0 Å². The Morgan fingerprint density at radius 1 is 1.30 bits per heavy atom. The highest BCUT2D eigenvalue weighted by atomic mass is 16.5. The van der Waals surface area contributed by atoms with E-state index in [9.17, 15) is 4.79 Å². The van der Waals surface area contributed by atoms with Gasteiger partial charge in [0.05, 0.1) is 13.2 Å². The molecule has 0 saturated heterocycles. The van der Waals surface area contributed by atoms with E-state index in [2.05, 4.69) is 0 Å². The molecule has 0 radical (unpaired) electrons. The van der Waals surface area contributed by atoms with Gasteiger partial charge in [-0.25, -0.2) is 0 Å². The van der Waals surface area contributed by atoms with Crippen LogP contribution < -0.4 is 4.74 Å². The molecule has 0 aliphatic carbocycles. The number of carbonyl (C=O) groups is 1. The maximum atomic E-state index is 10.9. The quantitative estimate of drug-likeness (QED) is 0.743. The Kier molecular flexibility index (Phi) is 7.04. The number of rotatable bonds is 9. The number of nitrogens with zero attached hydrogens (tertiary/aromatic N) is 2. The van der Waals surface area contributed by atoms with Crippen LogP contribution in [0, 0.1) is 0 Å². The van der Waals surface area contributed by atoms with Crippen LogP contribution >= 0.6 is 0 Å². The van der Waals surface area contributed by atoms with E-state index in [0.717, 1.165) is 24.4 Å². The molecule has 0 aromatic heterocycles. The molecule has 0 atom stereocenters. The van der Waals surface area contributed by atoms with Gasteiger partial charge < -0.3 is 14.7 Å². The average molecular weight is 280 g/mol. The first-order valence-electron chi connectivity index (χ1n) is 6.82. The number of likely N-dealkylation sites (N-methyl/N-ethyl adjacent to an activating group) is 1. The zero-order chi connectivity index (χ0) is 15.0. The fraction of sp³-hybridized carbons (Fsp3) is 0.533. The number of benzene rings is 1. The van der Waals surface area contributed by atoms with E-state index in [4.69, 9.17) is 9.84 Å². The number of aliphatic carboxylic acids is 1. The summed E-state index contributed by atoms with van der Waals surface area (Å²) >= 11 is 0. The predicted molar refractivity (Wildman–Crippen MR) is 79.1 cm³/mol. The van der Waals surface area contributed by atoms with Crippen molar-refractivity contribution in [1.82, 2.24) is 9.80 Å². The fourth-order valence-corrected chi connectivity index (χ4v) is 1.91. The zero-order valence-corrected chi connectivity index (χ0v) is 12.5. The van der Waals surface area contributed by atoms with Gasteiger partial charge in [0.15, 0.2) is 0 Å². The van der Waals surface area contributed by atoms with Gasteiger partial charge in [-0.1, -0.05) is 12.1 Å². The normalized spacial score (nSPS) is 11.1. The summed E-state index contributed by atoms with van der Waals surface area (Å²) in [4.78, 5) is 14.9. The van der Waals surface area contributed by atoms with Gasteiger partial charge in [0.25, 0.3) is 0 Å². The molecule has 1 rings (SSSR count). The van der Waals surface area contributed by atoms with Crippen LogP contribution in [0.4, 0.5) is 0 Å². The molecule has 0 fully saturated rings. The van der Waals surface area contributed by atoms with Crippen LogP contribution in [0.5, 0.6) is 5.75 Å². The van der Waals surface area contributed by atoms with Crippen molar-refractivity contribution < 1.29 is 14.6 Å². The van der Waals surface area contributed by atoms with E-state index in [1.165, 1.54) is 0 Å². The maximum absolute atomic E-state index is 10.9. The molecule has 0 bridgehead atoms. The van der Waals surface area contributed by atoms with Crippen LogP contribution in [0.3, 0.4) is 0 Å². The van der Waals surface area contributed by atoms with Crippen molar-refractivity contribution in [2.45, 2.75) is 13.5 Å². The second kappa shape index (κ2) is 8.55. The van der Waals surface area contributed by atoms with Crippen molar-refractivity contribution in [2.24, 2.45) is 0 Å². The van der Waals surface area contributed by atoms with Gasteiger partial charge in [-0.05, 0) is 38.7 Å². The van der Waals surface area contributed by atoms with Gasteiger partial charge >= 0.3 is 5.97 Å². The Balaban J connectivity index is 2.67. The van der Waals surface area contributed by atoms with Gasteiger partial charge in [-0.3, -0.25) is 9.69 Å². The van der Waals surface area contributed by atoms with Gasteiger partial charge in [0, 0.05) is 19.6 Å². The van der Waals surface area contributed by atoms with Crippen LogP contribution in [-0.2, 0) is 11.3 Å². The molecule has 0 heterocycles. The Bertz CT molecular complexity index is 421. The lowest BCUT2D eigenvalue weighted by Gasteiger charge is -2.22. The summed E-state index contributed by atoms with van der Waals surface area (Å²) in [6, 6.07) is 7.81. The number of carboxylic acids is 1. The molecule has 5 heteroatoms. The van der Waals surface area contributed by atoms with Crippen LogP contribution in [0.25, 0.3) is 0 Å². The van der Waals surface area contributed by atoms with E-state index >= 15 is 0 Å². The lowest BCUT2D eigenvalue weighted by Crippen LogP contribution is -2.35. The Morgan fingerprint density at radius 2 is 2.05 bits per heavy atom. The van der Waals surface area contributed by atoms with Crippen molar-refractivity contribution >= 4 is 5.97 Å². The Hall–Kier alpha value is -1.59. The van der Waals surface area contributed by atoms with Crippen molar-refractivity contribution in [3.05, 3.63) is 29.8 Å². The van der Waals surface area contributed by atoms with E-state index in [0.29, 0.717) is 13.2 Å². The predicted octanol–water partition coefficient (Wildman–Crippen LogP) is 1.53. The third-order valence-electron chi connectivity index (χ3n) is 2.84. The minimum atomic E-state index is -0.801. The third kappa shape index (κ3) is 6.54. The summed E-state index contributed by atoms with van der Waals surface area (Å²) in [5.41, 5.74) is 1.07. The minimum Gasteiger partial charge on any atom is -0.494 e. The Morgan fingerprint density at radius 3 is 2.65 bits per heavy atom. The highest BCUT2D eigenvalue weighted by Crippen LogP contribution is 2.14. The molecule has 0 spiro atoms. The lowest BCUT2D eigenvalue weighted by molar-refractivity contribution is -0.138. The summed E-state index contributed by atoms with van der Waals surface area (Å²) in [5.74, 6) is 0.0256. The van der Waals surface area contributed by atoms with E-state index < -0.39 is 5.97 Å². The molecule has 0 amide bonds. The van der Waals surface area contributed by atoms with Crippen LogP contribution in [-0.4, -0.2) is 61.2 Å². The van der Waals surface area contributed by atoms with E-state index in [1.807, 2.05) is 55.1 Å². The summed E-state index contributed by atoms with van der Waals surface area (Å²) in [7, 11) is 3.96. The highest BCUT2D eigenvalue weighted by Gasteiger charge is 2.11. The first-order chi connectivity index (χ1) is 9.51. The van der Waals surface area contributed by atoms with Crippen molar-refractivity contribution in [3.8, 4) is 5.75 Å². The van der Waals surface area contributed by atoms with Crippen molar-refractivity contribution in [2.75, 3.05) is 40.3 Å². The van der Waals surface area contributed by atoms with Gasteiger partial charge in [-0.15, -0.1) is 0 Å². The summed E-state index contributed by atoms with van der Waals surface area (Å²) in [6.45, 7) is 4.79. The molecular weight excluding hydrogens is 256 g/mol. The summed E-state index contributed by atoms with van der Waals surface area (Å²) in [6.07, 6.45) is 0. The van der Waals surface area contributed by atoms with Crippen molar-refractivity contribution in [1.29, 1.82) is 0 Å². The standard InChI is InChI=1S/C15H24N2O3/c1-4-20-14-7-5-6-13(10-14)11-17(12-15(18)19)9-8-16(2)3/h5-7,10H,4,8-9,11-12H2,1-3H3,(H,18,19). The molecule has 0 saturated carbocycles. The van der Waals surface area contributed by atoms with E-state index in [1.54, 1.807) is 0 Å². The number of hydrogen-bond donors (Lipinski definition) is 1. The first-order valence-corrected chi connectivity index (χ1v) is 6.82. The van der Waals surface area contributed by atoms with Gasteiger partial charge in [0.1, 0.15) is 5.75 Å². The summed E-state index contributed by atoms with van der Waals surface area (Å²) < 4.78 is 5.46. The number of hydrogen-bond acceptors (Lipinski definition) is 4. The second-order valence-corrected chi connectivity index (χ2v) is 4.99. The molecule has 0 aliphatic rings. The topological polar surface area (TPSA) is 53.0 Å². The van der Waals surface area contributed by atoms with Gasteiger partial charge in [-0.2, -0.15) is 0 Å². The maximum Gasteiger partial charge on any atom is 0.317 e. The molecule has 0 unspecified atom stereocenters. The number of ether oxygens (including phenoxy) is 1. The van der Waals surface area contributed by atoms with Crippen LogP contribution in [0.2, 0.25) is 0 Å². The number of carboxylic acid groups (broad SMARTS) is 1. The molecule has 20 heavy (non-hydrogen) atoms. The largest absolute Gasteiger partial charge is 0.494 e.